The van der Waals surface area contributed by atoms with Crippen LogP contribution in [-0.2, 0) is 17.6 Å². The van der Waals surface area contributed by atoms with Crippen molar-refractivity contribution in [2.75, 3.05) is 12.4 Å². The van der Waals surface area contributed by atoms with E-state index in [1.165, 1.54) is 24.5 Å². The van der Waals surface area contributed by atoms with Gasteiger partial charge in [-0.1, -0.05) is 22.9 Å². The van der Waals surface area contributed by atoms with Crippen LogP contribution in [0.3, 0.4) is 0 Å². The van der Waals surface area contributed by atoms with Gasteiger partial charge in [-0.05, 0) is 55.0 Å². The summed E-state index contributed by atoms with van der Waals surface area (Å²) >= 11 is 4.74. The number of halogens is 1. The third-order valence-corrected chi connectivity index (χ3v) is 6.73. The topological polar surface area (TPSA) is 85.6 Å². The average Bonchev–Trinajstić information content (AvgIpc) is 3.03. The number of amides is 1. The number of thiophene rings is 1. The standard InChI is InChI=1S/C21H18BrNO5S/c1-10-3-5-13-16(7-10)29-19(17(13)21(26)27-2)23-18(24)14-9-11-8-12(22)4-6-15(11)28-20(14)25/h4,6,8-10H,3,5,7H2,1-2H3,(H,23,24)/t10-/m0/s1. The van der Waals surface area contributed by atoms with E-state index < -0.39 is 17.5 Å². The lowest BCUT2D eigenvalue weighted by Gasteiger charge is -2.18. The summed E-state index contributed by atoms with van der Waals surface area (Å²) in [5.41, 5.74) is 0.869. The van der Waals surface area contributed by atoms with E-state index in [0.717, 1.165) is 34.2 Å². The molecule has 2 heterocycles. The predicted octanol–water partition coefficient (Wildman–Crippen LogP) is 4.78. The zero-order valence-corrected chi connectivity index (χ0v) is 18.2. The molecule has 2 aromatic heterocycles. The first-order valence-electron chi connectivity index (χ1n) is 9.15. The number of carbonyl (C=O) groups excluding carboxylic acids is 2. The molecule has 0 bridgehead atoms. The summed E-state index contributed by atoms with van der Waals surface area (Å²) in [6.07, 6.45) is 2.59. The van der Waals surface area contributed by atoms with Gasteiger partial charge in [0.05, 0.1) is 12.7 Å². The van der Waals surface area contributed by atoms with Crippen LogP contribution >= 0.6 is 27.3 Å². The lowest BCUT2D eigenvalue weighted by Crippen LogP contribution is -2.21. The molecule has 1 amide bonds. The SMILES string of the molecule is COC(=O)c1c(NC(=O)c2cc3cc(Br)ccc3oc2=O)sc2c1CC[C@H](C)C2. The number of fused-ring (bicyclic) bond motifs is 2. The Labute approximate surface area is 179 Å². The Morgan fingerprint density at radius 1 is 1.31 bits per heavy atom. The molecule has 1 aromatic carbocycles. The molecular weight excluding hydrogens is 458 g/mol. The lowest BCUT2D eigenvalue weighted by molar-refractivity contribution is 0.0601. The number of ether oxygens (including phenoxy) is 1. The van der Waals surface area contributed by atoms with E-state index in [0.29, 0.717) is 27.5 Å². The number of hydrogen-bond donors (Lipinski definition) is 1. The summed E-state index contributed by atoms with van der Waals surface area (Å²) in [5.74, 6) is -0.583. The Hall–Kier alpha value is -2.45. The van der Waals surface area contributed by atoms with E-state index in [4.69, 9.17) is 9.15 Å². The Morgan fingerprint density at radius 3 is 2.86 bits per heavy atom. The first kappa shape index (κ1) is 19.8. The summed E-state index contributed by atoms with van der Waals surface area (Å²) < 4.78 is 11.0. The summed E-state index contributed by atoms with van der Waals surface area (Å²) in [4.78, 5) is 38.7. The highest BCUT2D eigenvalue weighted by Crippen LogP contribution is 2.40. The molecule has 0 aliphatic heterocycles. The van der Waals surface area contributed by atoms with Crippen molar-refractivity contribution in [1.29, 1.82) is 0 Å². The molecule has 6 nitrogen and oxygen atoms in total. The first-order chi connectivity index (χ1) is 13.9. The second-order valence-corrected chi connectivity index (χ2v) is 9.15. The van der Waals surface area contributed by atoms with Crippen LogP contribution in [0.1, 0.15) is 44.5 Å². The average molecular weight is 476 g/mol. The molecule has 150 valence electrons. The molecule has 1 aliphatic carbocycles. The highest BCUT2D eigenvalue weighted by atomic mass is 79.9. The Morgan fingerprint density at radius 2 is 2.10 bits per heavy atom. The Kier molecular flexibility index (Phi) is 5.31. The summed E-state index contributed by atoms with van der Waals surface area (Å²) in [7, 11) is 1.32. The molecule has 0 saturated carbocycles. The third kappa shape index (κ3) is 3.74. The minimum Gasteiger partial charge on any atom is -0.465 e. The zero-order valence-electron chi connectivity index (χ0n) is 15.8. The smallest absolute Gasteiger partial charge is 0.349 e. The van der Waals surface area contributed by atoms with E-state index >= 15 is 0 Å². The van der Waals surface area contributed by atoms with E-state index in [2.05, 4.69) is 28.2 Å². The molecule has 1 aliphatic rings. The van der Waals surface area contributed by atoms with Gasteiger partial charge in [0.2, 0.25) is 0 Å². The van der Waals surface area contributed by atoms with Crippen LogP contribution in [0.5, 0.6) is 0 Å². The normalized spacial score (nSPS) is 15.8. The monoisotopic (exact) mass is 475 g/mol. The maximum absolute atomic E-state index is 12.9. The molecule has 0 radical (unpaired) electrons. The Balaban J connectivity index is 1.73. The van der Waals surface area contributed by atoms with Gasteiger partial charge in [0.15, 0.2) is 0 Å². The van der Waals surface area contributed by atoms with Crippen molar-refractivity contribution in [3.05, 3.63) is 60.7 Å². The van der Waals surface area contributed by atoms with E-state index in [1.807, 2.05) is 0 Å². The van der Waals surface area contributed by atoms with Gasteiger partial charge < -0.3 is 14.5 Å². The molecule has 1 atom stereocenters. The van der Waals surface area contributed by atoms with Gasteiger partial charge in [0.25, 0.3) is 5.91 Å². The van der Waals surface area contributed by atoms with Gasteiger partial charge in [0.1, 0.15) is 16.1 Å². The van der Waals surface area contributed by atoms with E-state index in [-0.39, 0.29) is 5.56 Å². The van der Waals surface area contributed by atoms with Gasteiger partial charge in [-0.15, -0.1) is 11.3 Å². The van der Waals surface area contributed by atoms with Crippen molar-refractivity contribution in [3.63, 3.8) is 0 Å². The summed E-state index contributed by atoms with van der Waals surface area (Å²) in [6, 6.07) is 6.67. The van der Waals surface area contributed by atoms with Gasteiger partial charge in [0, 0.05) is 14.7 Å². The number of nitrogens with one attached hydrogen (secondary N) is 1. The van der Waals surface area contributed by atoms with Crippen LogP contribution in [0, 0.1) is 5.92 Å². The fraction of sp³-hybridized carbons (Fsp3) is 0.286. The largest absolute Gasteiger partial charge is 0.465 e. The van der Waals surface area contributed by atoms with Crippen molar-refractivity contribution >= 4 is 55.1 Å². The lowest BCUT2D eigenvalue weighted by atomic mass is 9.88. The van der Waals surface area contributed by atoms with Crippen LogP contribution in [-0.4, -0.2) is 19.0 Å². The van der Waals surface area contributed by atoms with Gasteiger partial charge in [-0.2, -0.15) is 0 Å². The highest BCUT2D eigenvalue weighted by molar-refractivity contribution is 9.10. The van der Waals surface area contributed by atoms with Crippen LogP contribution in [0.4, 0.5) is 5.00 Å². The second-order valence-electron chi connectivity index (χ2n) is 7.13. The Bertz CT molecular complexity index is 1200. The maximum atomic E-state index is 12.9. The number of methoxy groups -OCH3 is 1. The number of anilines is 1. The molecule has 0 fully saturated rings. The fourth-order valence-corrected chi connectivity index (χ4v) is 5.35. The third-order valence-electron chi connectivity index (χ3n) is 5.07. The van der Waals surface area contributed by atoms with Gasteiger partial charge >= 0.3 is 11.6 Å². The molecule has 1 N–H and O–H groups in total. The molecule has 3 aromatic rings. The highest BCUT2D eigenvalue weighted by Gasteiger charge is 2.29. The fourth-order valence-electron chi connectivity index (χ4n) is 3.58. The molecular formula is C21H18BrNO5S. The van der Waals surface area contributed by atoms with Crippen molar-refractivity contribution in [2.45, 2.75) is 26.2 Å². The molecule has 8 heteroatoms. The van der Waals surface area contributed by atoms with Crippen LogP contribution in [0.2, 0.25) is 0 Å². The number of rotatable bonds is 3. The van der Waals surface area contributed by atoms with Crippen molar-refractivity contribution < 1.29 is 18.7 Å². The molecule has 0 spiro atoms. The number of esters is 1. The number of hydrogen-bond acceptors (Lipinski definition) is 6. The molecule has 4 rings (SSSR count). The van der Waals surface area contributed by atoms with Crippen molar-refractivity contribution in [3.8, 4) is 0 Å². The maximum Gasteiger partial charge on any atom is 0.349 e. The second kappa shape index (κ2) is 7.76. The number of benzene rings is 1. The number of carbonyl (C=O) groups is 2. The zero-order chi connectivity index (χ0) is 20.7. The molecule has 29 heavy (non-hydrogen) atoms. The minimum absolute atomic E-state index is 0.119. The van der Waals surface area contributed by atoms with Crippen molar-refractivity contribution in [2.24, 2.45) is 5.92 Å². The van der Waals surface area contributed by atoms with Crippen LogP contribution in [0.25, 0.3) is 11.0 Å². The van der Waals surface area contributed by atoms with Crippen molar-refractivity contribution in [1.82, 2.24) is 0 Å². The molecule has 0 saturated heterocycles. The summed E-state index contributed by atoms with van der Waals surface area (Å²) in [6.45, 7) is 2.16. The van der Waals surface area contributed by atoms with E-state index in [1.54, 1.807) is 18.2 Å². The minimum atomic E-state index is -0.730. The van der Waals surface area contributed by atoms with Gasteiger partial charge in [-0.25, -0.2) is 9.59 Å². The quantitative estimate of drug-likeness (QED) is 0.435. The predicted molar refractivity (Wildman–Crippen MR) is 115 cm³/mol. The van der Waals surface area contributed by atoms with Crippen LogP contribution < -0.4 is 10.9 Å². The van der Waals surface area contributed by atoms with Crippen LogP contribution in [0.15, 0.2) is 37.9 Å². The van der Waals surface area contributed by atoms with E-state index in [9.17, 15) is 14.4 Å². The van der Waals surface area contributed by atoms with Gasteiger partial charge in [-0.3, -0.25) is 4.79 Å². The molecule has 0 unspecified atom stereocenters. The first-order valence-corrected chi connectivity index (χ1v) is 10.8. The summed E-state index contributed by atoms with van der Waals surface area (Å²) in [5, 5.41) is 3.77.